The maximum atomic E-state index is 13.3. The van der Waals surface area contributed by atoms with E-state index in [1.54, 1.807) is 12.1 Å². The minimum absolute atomic E-state index is 0.00418. The zero-order valence-electron chi connectivity index (χ0n) is 14.7. The monoisotopic (exact) mass is 368 g/mol. The maximum Gasteiger partial charge on any atom is 0.282 e. The van der Waals surface area contributed by atoms with Crippen molar-refractivity contribution in [3.05, 3.63) is 58.4 Å². The maximum absolute atomic E-state index is 13.3. The van der Waals surface area contributed by atoms with Crippen LogP contribution < -0.4 is 4.90 Å². The number of imide groups is 1. The van der Waals surface area contributed by atoms with Crippen LogP contribution in [0.1, 0.15) is 18.7 Å². The standard InChI is InChI=1S/C20H20N2O3S/c1-13-11-21(12-14(2)25-13)18-17(16-9-6-10-26-16)19(23)22(20(18)24)15-7-4-3-5-8-15/h3-10,13-14H,11-12H2,1-2H3. The van der Waals surface area contributed by atoms with E-state index in [0.29, 0.717) is 30.0 Å². The predicted molar refractivity (Wildman–Crippen MR) is 102 cm³/mol. The van der Waals surface area contributed by atoms with Crippen LogP contribution in [0.5, 0.6) is 0 Å². The molecule has 0 spiro atoms. The number of hydrogen-bond donors (Lipinski definition) is 0. The largest absolute Gasteiger partial charge is 0.372 e. The SMILES string of the molecule is CC1CN(C2=C(c3cccs3)C(=O)N(c3ccccc3)C2=O)CC(C)O1. The van der Waals surface area contributed by atoms with Crippen LogP contribution in [0, 0.1) is 0 Å². The van der Waals surface area contributed by atoms with Crippen LogP contribution in [0.15, 0.2) is 53.5 Å². The highest BCUT2D eigenvalue weighted by atomic mass is 32.1. The molecule has 1 saturated heterocycles. The van der Waals surface area contributed by atoms with Gasteiger partial charge in [0.15, 0.2) is 0 Å². The number of anilines is 1. The molecule has 2 unspecified atom stereocenters. The molecule has 1 aromatic heterocycles. The number of morpholine rings is 1. The summed E-state index contributed by atoms with van der Waals surface area (Å²) < 4.78 is 5.80. The molecule has 0 radical (unpaired) electrons. The van der Waals surface area contributed by atoms with Crippen molar-refractivity contribution in [3.8, 4) is 0 Å². The highest BCUT2D eigenvalue weighted by Crippen LogP contribution is 2.37. The Kier molecular flexibility index (Phi) is 4.38. The van der Waals surface area contributed by atoms with Gasteiger partial charge in [-0.25, -0.2) is 4.90 Å². The molecule has 0 bridgehead atoms. The van der Waals surface area contributed by atoms with Gasteiger partial charge in [0.2, 0.25) is 0 Å². The van der Waals surface area contributed by atoms with Crippen molar-refractivity contribution in [2.75, 3.05) is 18.0 Å². The van der Waals surface area contributed by atoms with Crippen LogP contribution >= 0.6 is 11.3 Å². The minimum Gasteiger partial charge on any atom is -0.372 e. The molecule has 2 aliphatic heterocycles. The fourth-order valence-corrected chi connectivity index (χ4v) is 4.39. The molecule has 2 atom stereocenters. The van der Waals surface area contributed by atoms with Gasteiger partial charge in [0, 0.05) is 18.0 Å². The third-order valence-electron chi connectivity index (χ3n) is 4.58. The molecule has 6 heteroatoms. The number of benzene rings is 1. The summed E-state index contributed by atoms with van der Waals surface area (Å²) in [4.78, 5) is 30.7. The minimum atomic E-state index is -0.259. The number of amides is 2. The van der Waals surface area contributed by atoms with E-state index >= 15 is 0 Å². The van der Waals surface area contributed by atoms with Crippen molar-refractivity contribution in [3.63, 3.8) is 0 Å². The molecule has 26 heavy (non-hydrogen) atoms. The quantitative estimate of drug-likeness (QED) is 0.781. The molecule has 1 fully saturated rings. The molecule has 2 aliphatic rings. The Hall–Kier alpha value is -2.44. The first-order valence-corrected chi connectivity index (χ1v) is 9.56. The molecule has 2 aromatic rings. The van der Waals surface area contributed by atoms with Crippen molar-refractivity contribution in [2.45, 2.75) is 26.1 Å². The van der Waals surface area contributed by atoms with Crippen LogP contribution in [0.2, 0.25) is 0 Å². The summed E-state index contributed by atoms with van der Waals surface area (Å²) >= 11 is 1.48. The number of carbonyl (C=O) groups is 2. The van der Waals surface area contributed by atoms with Gasteiger partial charge in [0.25, 0.3) is 11.8 Å². The second kappa shape index (κ2) is 6.70. The average Bonchev–Trinajstić information content (AvgIpc) is 3.21. The first-order chi connectivity index (χ1) is 12.6. The molecule has 0 N–H and O–H groups in total. The predicted octanol–water partition coefficient (Wildman–Crippen LogP) is 3.14. The lowest BCUT2D eigenvalue weighted by atomic mass is 10.1. The number of thiophene rings is 1. The fourth-order valence-electron chi connectivity index (χ4n) is 3.63. The lowest BCUT2D eigenvalue weighted by Gasteiger charge is -2.37. The number of hydrogen-bond acceptors (Lipinski definition) is 5. The third kappa shape index (κ3) is 2.85. The van der Waals surface area contributed by atoms with E-state index in [9.17, 15) is 9.59 Å². The molecule has 2 amide bonds. The van der Waals surface area contributed by atoms with Crippen LogP contribution in [0.3, 0.4) is 0 Å². The summed E-state index contributed by atoms with van der Waals surface area (Å²) in [6.45, 7) is 5.17. The Bertz CT molecular complexity index is 850. The van der Waals surface area contributed by atoms with Crippen LogP contribution in [-0.2, 0) is 14.3 Å². The van der Waals surface area contributed by atoms with E-state index in [0.717, 1.165) is 4.88 Å². The summed E-state index contributed by atoms with van der Waals surface area (Å²) in [6, 6.07) is 12.9. The molecule has 3 heterocycles. The number of nitrogens with zero attached hydrogens (tertiary/aromatic N) is 2. The topological polar surface area (TPSA) is 49.9 Å². The van der Waals surface area contributed by atoms with Gasteiger partial charge in [0.05, 0.1) is 23.5 Å². The van der Waals surface area contributed by atoms with Gasteiger partial charge < -0.3 is 9.64 Å². The van der Waals surface area contributed by atoms with Gasteiger partial charge in [-0.15, -0.1) is 11.3 Å². The molecule has 0 aliphatic carbocycles. The number of rotatable bonds is 3. The number of carbonyl (C=O) groups excluding carboxylic acids is 2. The van der Waals surface area contributed by atoms with Gasteiger partial charge >= 0.3 is 0 Å². The fraction of sp³-hybridized carbons (Fsp3) is 0.300. The van der Waals surface area contributed by atoms with Crippen LogP contribution in [0.4, 0.5) is 5.69 Å². The highest BCUT2D eigenvalue weighted by molar-refractivity contribution is 7.11. The van der Waals surface area contributed by atoms with Gasteiger partial charge in [-0.05, 0) is 37.4 Å². The molecule has 0 saturated carbocycles. The Morgan fingerprint density at radius 2 is 1.65 bits per heavy atom. The molecule has 5 nitrogen and oxygen atoms in total. The summed E-state index contributed by atoms with van der Waals surface area (Å²) in [6.07, 6.45) is 0.00836. The Morgan fingerprint density at radius 1 is 0.962 bits per heavy atom. The average molecular weight is 368 g/mol. The molecular weight excluding hydrogens is 348 g/mol. The second-order valence-electron chi connectivity index (χ2n) is 6.64. The lowest BCUT2D eigenvalue weighted by molar-refractivity contribution is -0.121. The second-order valence-corrected chi connectivity index (χ2v) is 7.59. The zero-order valence-corrected chi connectivity index (χ0v) is 15.5. The Balaban J connectivity index is 1.81. The molecular formula is C20H20N2O3S. The van der Waals surface area contributed by atoms with Crippen LogP contribution in [-0.4, -0.2) is 42.0 Å². The lowest BCUT2D eigenvalue weighted by Crippen LogP contribution is -2.47. The van der Waals surface area contributed by atoms with Crippen molar-refractivity contribution >= 4 is 34.4 Å². The Labute approximate surface area is 156 Å². The van der Waals surface area contributed by atoms with E-state index in [1.807, 2.05) is 54.5 Å². The van der Waals surface area contributed by atoms with E-state index in [2.05, 4.69) is 0 Å². The first-order valence-electron chi connectivity index (χ1n) is 8.68. The number of ether oxygens (including phenoxy) is 1. The van der Waals surface area contributed by atoms with Gasteiger partial charge in [0.1, 0.15) is 5.70 Å². The van der Waals surface area contributed by atoms with Gasteiger partial charge in [-0.1, -0.05) is 24.3 Å². The van der Waals surface area contributed by atoms with Crippen molar-refractivity contribution in [1.82, 2.24) is 4.90 Å². The van der Waals surface area contributed by atoms with Gasteiger partial charge in [-0.2, -0.15) is 0 Å². The summed E-state index contributed by atoms with van der Waals surface area (Å²) in [5.74, 6) is -0.517. The number of para-hydroxylation sites is 1. The summed E-state index contributed by atoms with van der Waals surface area (Å²) in [5, 5.41) is 1.92. The highest BCUT2D eigenvalue weighted by Gasteiger charge is 2.44. The Morgan fingerprint density at radius 3 is 2.27 bits per heavy atom. The smallest absolute Gasteiger partial charge is 0.282 e. The van der Waals surface area contributed by atoms with Crippen molar-refractivity contribution in [1.29, 1.82) is 0 Å². The summed E-state index contributed by atoms with van der Waals surface area (Å²) in [7, 11) is 0. The van der Waals surface area contributed by atoms with Crippen molar-refractivity contribution in [2.24, 2.45) is 0 Å². The molecule has 4 rings (SSSR count). The van der Waals surface area contributed by atoms with E-state index in [1.165, 1.54) is 16.2 Å². The normalized spacial score (nSPS) is 23.9. The third-order valence-corrected chi connectivity index (χ3v) is 5.46. The van der Waals surface area contributed by atoms with Gasteiger partial charge in [-0.3, -0.25) is 9.59 Å². The van der Waals surface area contributed by atoms with Crippen LogP contribution in [0.25, 0.3) is 5.57 Å². The molecule has 134 valence electrons. The van der Waals surface area contributed by atoms with E-state index in [-0.39, 0.29) is 24.0 Å². The van der Waals surface area contributed by atoms with Crippen molar-refractivity contribution < 1.29 is 14.3 Å². The van der Waals surface area contributed by atoms with E-state index < -0.39 is 0 Å². The molecule has 1 aromatic carbocycles. The zero-order chi connectivity index (χ0) is 18.3. The van der Waals surface area contributed by atoms with E-state index in [4.69, 9.17) is 4.74 Å². The summed E-state index contributed by atoms with van der Waals surface area (Å²) in [5.41, 5.74) is 1.58. The first kappa shape index (κ1) is 17.0.